The second-order valence-electron chi connectivity index (χ2n) is 5.23. The average Bonchev–Trinajstić information content (AvgIpc) is 2.72. The lowest BCUT2D eigenvalue weighted by atomic mass is 10.1. The highest BCUT2D eigenvalue weighted by Crippen LogP contribution is 2.62. The third-order valence-electron chi connectivity index (χ3n) is 4.34. The minimum Gasteiger partial charge on any atom is -0.340 e. The molecule has 0 saturated heterocycles. The van der Waals surface area contributed by atoms with Crippen molar-refractivity contribution in [2.24, 2.45) is 11.8 Å². The van der Waals surface area contributed by atoms with E-state index in [0.29, 0.717) is 5.92 Å². The number of imidazole rings is 1. The van der Waals surface area contributed by atoms with Crippen molar-refractivity contribution in [1.29, 1.82) is 0 Å². The van der Waals surface area contributed by atoms with Crippen LogP contribution < -0.4 is 0 Å². The van der Waals surface area contributed by atoms with Gasteiger partial charge in [0.05, 0.1) is 5.52 Å². The Morgan fingerprint density at radius 3 is 2.88 bits per heavy atom. The molecule has 0 aliphatic heterocycles. The zero-order valence-corrected chi connectivity index (χ0v) is 9.40. The third-order valence-corrected chi connectivity index (χ3v) is 4.34. The number of fused-ring (bicyclic) bond motifs is 2. The summed E-state index contributed by atoms with van der Waals surface area (Å²) >= 11 is 0. The molecule has 4 rings (SSSR count). The van der Waals surface area contributed by atoms with Gasteiger partial charge in [-0.15, -0.1) is 0 Å². The van der Waals surface area contributed by atoms with Gasteiger partial charge in [0.25, 0.3) is 0 Å². The number of rotatable bonds is 1. The van der Waals surface area contributed by atoms with Gasteiger partial charge in [-0.2, -0.15) is 0 Å². The van der Waals surface area contributed by atoms with Gasteiger partial charge in [0.15, 0.2) is 5.65 Å². The van der Waals surface area contributed by atoms with Crippen molar-refractivity contribution in [3.63, 3.8) is 0 Å². The Labute approximate surface area is 94.3 Å². The van der Waals surface area contributed by atoms with Crippen molar-refractivity contribution in [2.45, 2.75) is 32.1 Å². The predicted molar refractivity (Wildman–Crippen MR) is 62.2 cm³/mol. The van der Waals surface area contributed by atoms with E-state index in [1.807, 2.05) is 12.3 Å². The minimum absolute atomic E-state index is 0.711. The molecule has 3 heteroatoms. The van der Waals surface area contributed by atoms with Gasteiger partial charge < -0.3 is 4.98 Å². The van der Waals surface area contributed by atoms with Gasteiger partial charge in [-0.25, -0.2) is 9.97 Å². The molecule has 2 aliphatic carbocycles. The first kappa shape index (κ1) is 8.74. The van der Waals surface area contributed by atoms with E-state index in [2.05, 4.69) is 21.9 Å². The number of H-pyrrole nitrogens is 1. The Morgan fingerprint density at radius 1 is 1.31 bits per heavy atom. The fraction of sp³-hybridized carbons (Fsp3) is 0.538. The molecule has 3 nitrogen and oxygen atoms in total. The van der Waals surface area contributed by atoms with Crippen molar-refractivity contribution in [1.82, 2.24) is 15.0 Å². The number of hydrogen-bond donors (Lipinski definition) is 1. The van der Waals surface area contributed by atoms with Gasteiger partial charge in [-0.3, -0.25) is 0 Å². The molecule has 0 radical (unpaired) electrons. The lowest BCUT2D eigenvalue weighted by Crippen LogP contribution is -1.89. The molecule has 82 valence electrons. The van der Waals surface area contributed by atoms with Crippen LogP contribution in [0.2, 0.25) is 0 Å². The number of aryl methyl sites for hydroxylation is 1. The molecule has 0 spiro atoms. The Bertz CT molecular complexity index is 547. The van der Waals surface area contributed by atoms with Crippen LogP contribution in [0.5, 0.6) is 0 Å². The molecule has 2 unspecified atom stereocenters. The number of aromatic nitrogens is 3. The van der Waals surface area contributed by atoms with Gasteiger partial charge in [0.1, 0.15) is 5.82 Å². The molecule has 2 aliphatic rings. The highest BCUT2D eigenvalue weighted by atomic mass is 15.0. The molecule has 0 aromatic carbocycles. The second kappa shape index (κ2) is 2.84. The molecule has 2 fully saturated rings. The van der Waals surface area contributed by atoms with Crippen LogP contribution in [0.3, 0.4) is 0 Å². The summed E-state index contributed by atoms with van der Waals surface area (Å²) in [7, 11) is 0. The topological polar surface area (TPSA) is 41.6 Å². The number of pyridine rings is 1. The fourth-order valence-corrected chi connectivity index (χ4v) is 3.44. The summed E-state index contributed by atoms with van der Waals surface area (Å²) in [4.78, 5) is 12.5. The molecular weight excluding hydrogens is 198 g/mol. The predicted octanol–water partition coefficient (Wildman–Crippen LogP) is 2.78. The zero-order chi connectivity index (χ0) is 10.7. The molecule has 16 heavy (non-hydrogen) atoms. The van der Waals surface area contributed by atoms with Gasteiger partial charge in [-0.1, -0.05) is 6.42 Å². The van der Waals surface area contributed by atoms with E-state index in [1.165, 1.54) is 30.7 Å². The minimum atomic E-state index is 0.711. The average molecular weight is 213 g/mol. The quantitative estimate of drug-likeness (QED) is 0.791. The Morgan fingerprint density at radius 2 is 2.12 bits per heavy atom. The first-order chi connectivity index (χ1) is 7.84. The van der Waals surface area contributed by atoms with Crippen LogP contribution in [0, 0.1) is 18.8 Å². The summed E-state index contributed by atoms with van der Waals surface area (Å²) in [5.41, 5.74) is 3.26. The summed E-state index contributed by atoms with van der Waals surface area (Å²) in [6, 6.07) is 2.04. The van der Waals surface area contributed by atoms with E-state index >= 15 is 0 Å². The smallest absolute Gasteiger partial charge is 0.177 e. The van der Waals surface area contributed by atoms with Crippen molar-refractivity contribution >= 4 is 11.2 Å². The number of nitrogens with one attached hydrogen (secondary N) is 1. The molecule has 2 aromatic heterocycles. The SMILES string of the molecule is Cc1ccnc2nc(C3C4CCCC43)[nH]c12. The molecule has 0 amide bonds. The van der Waals surface area contributed by atoms with E-state index in [1.54, 1.807) is 0 Å². The van der Waals surface area contributed by atoms with Crippen LogP contribution in [0.1, 0.15) is 36.6 Å². The first-order valence-electron chi connectivity index (χ1n) is 6.16. The van der Waals surface area contributed by atoms with Gasteiger partial charge in [0.2, 0.25) is 0 Å². The van der Waals surface area contributed by atoms with Crippen molar-refractivity contribution < 1.29 is 0 Å². The maximum Gasteiger partial charge on any atom is 0.177 e. The summed E-state index contributed by atoms with van der Waals surface area (Å²) in [6.07, 6.45) is 6.07. The van der Waals surface area contributed by atoms with E-state index < -0.39 is 0 Å². The molecule has 2 heterocycles. The Kier molecular flexibility index (Phi) is 1.55. The highest BCUT2D eigenvalue weighted by molar-refractivity contribution is 5.74. The molecule has 1 N–H and O–H groups in total. The molecule has 2 aromatic rings. The number of aromatic amines is 1. The summed E-state index contributed by atoms with van der Waals surface area (Å²) in [6.45, 7) is 2.11. The van der Waals surface area contributed by atoms with Crippen molar-refractivity contribution in [2.75, 3.05) is 0 Å². The van der Waals surface area contributed by atoms with Gasteiger partial charge in [0, 0.05) is 12.1 Å². The molecular formula is C13H15N3. The fourth-order valence-electron chi connectivity index (χ4n) is 3.44. The van der Waals surface area contributed by atoms with Gasteiger partial charge in [-0.05, 0) is 43.2 Å². The largest absolute Gasteiger partial charge is 0.340 e. The Hall–Kier alpha value is -1.38. The zero-order valence-electron chi connectivity index (χ0n) is 9.40. The van der Waals surface area contributed by atoms with Crippen molar-refractivity contribution in [3.8, 4) is 0 Å². The monoisotopic (exact) mass is 213 g/mol. The van der Waals surface area contributed by atoms with Gasteiger partial charge >= 0.3 is 0 Å². The summed E-state index contributed by atoms with van der Waals surface area (Å²) in [5.74, 6) is 3.73. The maximum atomic E-state index is 4.65. The number of hydrogen-bond acceptors (Lipinski definition) is 2. The van der Waals surface area contributed by atoms with Crippen LogP contribution in [0.25, 0.3) is 11.2 Å². The van der Waals surface area contributed by atoms with Crippen LogP contribution in [-0.2, 0) is 0 Å². The molecule has 2 saturated carbocycles. The van der Waals surface area contributed by atoms with Crippen LogP contribution >= 0.6 is 0 Å². The lowest BCUT2D eigenvalue weighted by molar-refractivity contribution is 0.664. The van der Waals surface area contributed by atoms with Crippen LogP contribution in [0.4, 0.5) is 0 Å². The standard InChI is InChI=1S/C13H15N3/c1-7-5-6-14-13-11(7)15-12(16-13)10-8-3-2-4-9(8)10/h5-6,8-10H,2-4H2,1H3,(H,14,15,16). The molecule has 2 atom stereocenters. The maximum absolute atomic E-state index is 4.65. The Balaban J connectivity index is 1.79. The lowest BCUT2D eigenvalue weighted by Gasteiger charge is -1.97. The van der Waals surface area contributed by atoms with E-state index in [4.69, 9.17) is 0 Å². The van der Waals surface area contributed by atoms with E-state index in [9.17, 15) is 0 Å². The molecule has 0 bridgehead atoms. The number of nitrogens with zero attached hydrogens (tertiary/aromatic N) is 2. The van der Waals surface area contributed by atoms with Crippen LogP contribution in [-0.4, -0.2) is 15.0 Å². The first-order valence-corrected chi connectivity index (χ1v) is 6.16. The van der Waals surface area contributed by atoms with E-state index in [0.717, 1.165) is 23.0 Å². The second-order valence-corrected chi connectivity index (χ2v) is 5.23. The van der Waals surface area contributed by atoms with Crippen LogP contribution in [0.15, 0.2) is 12.3 Å². The normalized spacial score (nSPS) is 31.9. The highest BCUT2D eigenvalue weighted by Gasteiger charge is 2.54. The summed E-state index contributed by atoms with van der Waals surface area (Å²) in [5, 5.41) is 0. The van der Waals surface area contributed by atoms with E-state index in [-0.39, 0.29) is 0 Å². The third kappa shape index (κ3) is 1.03. The van der Waals surface area contributed by atoms with Crippen molar-refractivity contribution in [3.05, 3.63) is 23.7 Å². The summed E-state index contributed by atoms with van der Waals surface area (Å²) < 4.78 is 0.